The molecule has 2 amide bonds. The van der Waals surface area contributed by atoms with Crippen molar-refractivity contribution in [3.63, 3.8) is 0 Å². The lowest BCUT2D eigenvalue weighted by Crippen LogP contribution is -2.49. The molecule has 224 valence electrons. The molecule has 4 aromatic rings. The molecule has 0 radical (unpaired) electrons. The van der Waals surface area contributed by atoms with E-state index in [9.17, 15) is 9.59 Å². The fourth-order valence-electron chi connectivity index (χ4n) is 5.26. The van der Waals surface area contributed by atoms with Crippen LogP contribution in [0.3, 0.4) is 0 Å². The number of hydrogen-bond acceptors (Lipinski definition) is 7. The number of benzene rings is 3. The van der Waals surface area contributed by atoms with Crippen LogP contribution in [-0.4, -0.2) is 35.1 Å². The van der Waals surface area contributed by atoms with E-state index in [2.05, 4.69) is 34.6 Å². The monoisotopic (exact) mass is 598 g/mol. The van der Waals surface area contributed by atoms with Gasteiger partial charge in [-0.25, -0.2) is 9.59 Å². The van der Waals surface area contributed by atoms with Gasteiger partial charge >= 0.3 is 12.0 Å². The van der Waals surface area contributed by atoms with Crippen LogP contribution in [0.15, 0.2) is 84.9 Å². The Labute approximate surface area is 256 Å². The maximum atomic E-state index is 13.2. The Morgan fingerprint density at radius 3 is 2.26 bits per heavy atom. The Hall–Kier alpha value is -4.34. The summed E-state index contributed by atoms with van der Waals surface area (Å²) in [5, 5.41) is 6.43. The minimum Gasteiger partial charge on any atom is -0.457 e. The van der Waals surface area contributed by atoms with Gasteiger partial charge in [0, 0.05) is 35.7 Å². The van der Waals surface area contributed by atoms with Gasteiger partial charge in [-0.15, -0.1) is 11.3 Å². The number of para-hydroxylation sites is 1. The summed E-state index contributed by atoms with van der Waals surface area (Å²) in [7, 11) is 0. The van der Waals surface area contributed by atoms with Crippen molar-refractivity contribution >= 4 is 34.0 Å². The van der Waals surface area contributed by atoms with Gasteiger partial charge in [0.2, 0.25) is 0 Å². The number of hydrogen-bond donors (Lipinski definition) is 3. The average molecular weight is 599 g/mol. The number of nitrogens with one attached hydrogen (secondary N) is 2. The minimum atomic E-state index is -0.633. The van der Waals surface area contributed by atoms with Gasteiger partial charge in [0.1, 0.15) is 22.1 Å². The number of esters is 1. The molecule has 0 aliphatic carbocycles. The first-order valence-electron chi connectivity index (χ1n) is 14.4. The number of carbonyl (C=O) groups is 2. The molecular formula is C34H38N4O4S. The first kappa shape index (κ1) is 30.1. The van der Waals surface area contributed by atoms with Crippen molar-refractivity contribution in [1.82, 2.24) is 10.2 Å². The quantitative estimate of drug-likeness (QED) is 0.183. The molecule has 2 heterocycles. The van der Waals surface area contributed by atoms with Gasteiger partial charge in [-0.2, -0.15) is 0 Å². The molecule has 0 unspecified atom stereocenters. The second-order valence-electron chi connectivity index (χ2n) is 11.6. The number of amides is 2. The van der Waals surface area contributed by atoms with Crippen molar-refractivity contribution < 1.29 is 19.1 Å². The molecule has 3 aromatic carbocycles. The Kier molecular flexibility index (Phi) is 9.03. The van der Waals surface area contributed by atoms with E-state index in [-0.39, 0.29) is 18.1 Å². The lowest BCUT2D eigenvalue weighted by atomic mass is 9.93. The van der Waals surface area contributed by atoms with Crippen LogP contribution in [0.5, 0.6) is 11.5 Å². The average Bonchev–Trinajstić information content (AvgIpc) is 3.31. The van der Waals surface area contributed by atoms with Crippen LogP contribution in [0, 0.1) is 0 Å². The molecule has 43 heavy (non-hydrogen) atoms. The van der Waals surface area contributed by atoms with Gasteiger partial charge in [-0.1, -0.05) is 48.5 Å². The molecule has 4 N–H and O–H groups in total. The summed E-state index contributed by atoms with van der Waals surface area (Å²) in [5.74, 6) is 1.01. The topological polar surface area (TPSA) is 106 Å². The van der Waals surface area contributed by atoms with E-state index >= 15 is 0 Å². The maximum Gasteiger partial charge on any atom is 0.341 e. The molecule has 0 saturated carbocycles. The van der Waals surface area contributed by atoms with Gasteiger partial charge in [-0.3, -0.25) is 4.90 Å². The van der Waals surface area contributed by atoms with Crippen molar-refractivity contribution in [2.24, 2.45) is 0 Å². The third-order valence-corrected chi connectivity index (χ3v) is 8.37. The third kappa shape index (κ3) is 7.55. The standard InChI is InChI=1S/C34H38N4O4S/c1-22(23-11-7-5-8-12-23)38-21-29-28(30(31(35)43-29)32(39)42-34(2,3)4)19-25(38)20-36-33(40)37-24-15-17-27(18-16-24)41-26-13-9-6-10-14-26/h5-18,22,25H,19-21,35H2,1-4H3,(H2,36,37,40)/t22-,25+/m1/s1. The third-order valence-electron chi connectivity index (χ3n) is 7.32. The highest BCUT2D eigenvalue weighted by atomic mass is 32.1. The number of carbonyl (C=O) groups excluding carboxylic acids is 2. The summed E-state index contributed by atoms with van der Waals surface area (Å²) >= 11 is 1.44. The maximum absolute atomic E-state index is 13.2. The highest BCUT2D eigenvalue weighted by Crippen LogP contribution is 2.40. The van der Waals surface area contributed by atoms with Gasteiger partial charge in [0.25, 0.3) is 0 Å². The zero-order valence-corrected chi connectivity index (χ0v) is 25.7. The van der Waals surface area contributed by atoms with E-state index in [0.717, 1.165) is 16.2 Å². The lowest BCUT2D eigenvalue weighted by molar-refractivity contribution is 0.00685. The van der Waals surface area contributed by atoms with Crippen LogP contribution in [0.2, 0.25) is 0 Å². The summed E-state index contributed by atoms with van der Waals surface area (Å²) in [5.41, 5.74) is 8.95. The molecule has 1 aromatic heterocycles. The van der Waals surface area contributed by atoms with Crippen molar-refractivity contribution in [1.29, 1.82) is 0 Å². The molecule has 9 heteroatoms. The number of anilines is 2. The fraction of sp³-hybridized carbons (Fsp3) is 0.294. The molecule has 5 rings (SSSR count). The van der Waals surface area contributed by atoms with Crippen LogP contribution in [0.25, 0.3) is 0 Å². The van der Waals surface area contributed by atoms with E-state index in [1.54, 1.807) is 12.1 Å². The van der Waals surface area contributed by atoms with Crippen molar-refractivity contribution in [2.75, 3.05) is 17.6 Å². The van der Waals surface area contributed by atoms with E-state index in [0.29, 0.717) is 41.5 Å². The van der Waals surface area contributed by atoms with E-state index in [1.807, 2.05) is 81.4 Å². The summed E-state index contributed by atoms with van der Waals surface area (Å²) in [6, 6.07) is 26.7. The van der Waals surface area contributed by atoms with E-state index in [1.165, 1.54) is 16.9 Å². The highest BCUT2D eigenvalue weighted by Gasteiger charge is 2.36. The number of nitrogens with zero attached hydrogens (tertiary/aromatic N) is 1. The second-order valence-corrected chi connectivity index (χ2v) is 12.8. The largest absolute Gasteiger partial charge is 0.457 e. The normalized spacial score (nSPS) is 15.7. The number of nitrogen functional groups attached to an aromatic ring is 1. The Bertz CT molecular complexity index is 1550. The molecule has 2 atom stereocenters. The van der Waals surface area contributed by atoms with Crippen LogP contribution in [0.1, 0.15) is 60.1 Å². The minimum absolute atomic E-state index is 0.0784. The number of ether oxygens (including phenoxy) is 2. The zero-order chi connectivity index (χ0) is 30.6. The molecule has 8 nitrogen and oxygen atoms in total. The number of rotatable bonds is 8. The van der Waals surface area contributed by atoms with E-state index in [4.69, 9.17) is 15.2 Å². The number of urea groups is 1. The van der Waals surface area contributed by atoms with Gasteiger partial charge in [-0.05, 0) is 81.6 Å². The Morgan fingerprint density at radius 1 is 0.977 bits per heavy atom. The van der Waals surface area contributed by atoms with Crippen molar-refractivity contribution in [2.45, 2.75) is 58.3 Å². The van der Waals surface area contributed by atoms with Crippen molar-refractivity contribution in [3.8, 4) is 11.5 Å². The molecule has 1 aliphatic rings. The molecule has 0 bridgehead atoms. The SMILES string of the molecule is C[C@H](c1ccccc1)N1Cc2sc(N)c(C(=O)OC(C)(C)C)c2C[C@H]1CNC(=O)Nc1ccc(Oc2ccccc2)cc1. The van der Waals surface area contributed by atoms with Crippen LogP contribution in [-0.2, 0) is 17.7 Å². The van der Waals surface area contributed by atoms with E-state index < -0.39 is 11.6 Å². The summed E-state index contributed by atoms with van der Waals surface area (Å²) in [6.45, 7) is 8.69. The van der Waals surface area contributed by atoms with Crippen molar-refractivity contribution in [3.05, 3.63) is 106 Å². The smallest absolute Gasteiger partial charge is 0.341 e. The summed E-state index contributed by atoms with van der Waals surface area (Å²) < 4.78 is 11.5. The predicted molar refractivity (Wildman–Crippen MR) is 172 cm³/mol. The molecule has 1 aliphatic heterocycles. The lowest BCUT2D eigenvalue weighted by Gasteiger charge is -2.40. The van der Waals surface area contributed by atoms with Crippen LogP contribution >= 0.6 is 11.3 Å². The summed E-state index contributed by atoms with van der Waals surface area (Å²) in [6.07, 6.45) is 0.556. The van der Waals surface area contributed by atoms with Gasteiger partial charge < -0.3 is 25.8 Å². The van der Waals surface area contributed by atoms with Gasteiger partial charge in [0.05, 0.1) is 5.56 Å². The molecular weight excluding hydrogens is 560 g/mol. The van der Waals surface area contributed by atoms with Gasteiger partial charge in [0.15, 0.2) is 0 Å². The predicted octanol–water partition coefficient (Wildman–Crippen LogP) is 7.39. The number of thiophene rings is 1. The Morgan fingerprint density at radius 2 is 1.60 bits per heavy atom. The van der Waals surface area contributed by atoms with Crippen LogP contribution < -0.4 is 21.1 Å². The molecule has 0 fully saturated rings. The number of fused-ring (bicyclic) bond motifs is 1. The fourth-order valence-corrected chi connectivity index (χ4v) is 6.36. The first-order chi connectivity index (χ1) is 20.6. The first-order valence-corrected chi connectivity index (χ1v) is 15.2. The zero-order valence-electron chi connectivity index (χ0n) is 24.9. The summed E-state index contributed by atoms with van der Waals surface area (Å²) in [4.78, 5) is 29.6. The number of nitrogens with two attached hydrogens (primary N) is 1. The Balaban J connectivity index is 1.30. The molecule has 0 spiro atoms. The van der Waals surface area contributed by atoms with Crippen LogP contribution in [0.4, 0.5) is 15.5 Å². The highest BCUT2D eigenvalue weighted by molar-refractivity contribution is 7.16. The molecule has 0 saturated heterocycles. The second kappa shape index (κ2) is 12.9.